The highest BCUT2D eigenvalue weighted by Gasteiger charge is 1.88. The second kappa shape index (κ2) is 8.35. The molecule has 0 aliphatic carbocycles. The first kappa shape index (κ1) is 15.2. The van der Waals surface area contributed by atoms with Crippen molar-refractivity contribution in [3.8, 4) is 0 Å². The number of rotatable bonds is 3. The maximum atomic E-state index is 5.52. The van der Waals surface area contributed by atoms with Crippen LogP contribution in [0.25, 0.3) is 0 Å². The normalized spacial score (nSPS) is 8.08. The summed E-state index contributed by atoms with van der Waals surface area (Å²) in [5.41, 5.74) is 7.43. The minimum Gasteiger partial charge on any atom is -0.399 e. The number of hydrogen-bond donors (Lipinski definition) is 2. The molecule has 0 fully saturated rings. The SMILES string of the molecule is CCSNc1ccc(N)cc1.Cl.Cl. The van der Waals surface area contributed by atoms with E-state index in [0.717, 1.165) is 17.1 Å². The van der Waals surface area contributed by atoms with Gasteiger partial charge in [-0.05, 0) is 24.3 Å². The largest absolute Gasteiger partial charge is 0.399 e. The Labute approximate surface area is 95.6 Å². The van der Waals surface area contributed by atoms with Gasteiger partial charge in [0.1, 0.15) is 0 Å². The summed E-state index contributed by atoms with van der Waals surface area (Å²) < 4.78 is 3.18. The standard InChI is InChI=1S/C8H12N2S.2ClH/c1-2-11-10-8-5-3-7(9)4-6-8;;/h3-6,10H,2,9H2,1H3;2*1H. The Bertz CT molecular complexity index is 216. The summed E-state index contributed by atoms with van der Waals surface area (Å²) in [4.78, 5) is 0. The maximum Gasteiger partial charge on any atom is 0.0441 e. The van der Waals surface area contributed by atoms with E-state index in [0.29, 0.717) is 0 Å². The molecule has 0 spiro atoms. The van der Waals surface area contributed by atoms with Crippen LogP contribution in [0, 0.1) is 0 Å². The van der Waals surface area contributed by atoms with Gasteiger partial charge >= 0.3 is 0 Å². The molecule has 0 aliphatic rings. The van der Waals surface area contributed by atoms with Gasteiger partial charge in [-0.1, -0.05) is 18.9 Å². The average molecular weight is 241 g/mol. The van der Waals surface area contributed by atoms with Crippen molar-refractivity contribution in [1.29, 1.82) is 0 Å². The Morgan fingerprint density at radius 3 is 2.23 bits per heavy atom. The molecule has 0 saturated carbocycles. The summed E-state index contributed by atoms with van der Waals surface area (Å²) in [6.07, 6.45) is 0. The minimum absolute atomic E-state index is 0. The number of hydrogen-bond acceptors (Lipinski definition) is 3. The fourth-order valence-electron chi connectivity index (χ4n) is 0.707. The van der Waals surface area contributed by atoms with E-state index in [1.165, 1.54) is 0 Å². The molecule has 13 heavy (non-hydrogen) atoms. The highest BCUT2D eigenvalue weighted by Crippen LogP contribution is 2.13. The summed E-state index contributed by atoms with van der Waals surface area (Å²) in [5, 5.41) is 0. The first-order valence-electron chi connectivity index (χ1n) is 3.56. The zero-order chi connectivity index (χ0) is 8.10. The van der Waals surface area contributed by atoms with Crippen molar-refractivity contribution in [2.45, 2.75) is 6.92 Å². The molecule has 76 valence electrons. The molecule has 5 heteroatoms. The quantitative estimate of drug-likeness (QED) is 0.630. The van der Waals surface area contributed by atoms with Crippen LogP contribution in [0.5, 0.6) is 0 Å². The van der Waals surface area contributed by atoms with Crippen LogP contribution in [0.1, 0.15) is 6.92 Å². The van der Waals surface area contributed by atoms with Crippen molar-refractivity contribution in [1.82, 2.24) is 0 Å². The van der Waals surface area contributed by atoms with Crippen LogP contribution in [-0.2, 0) is 0 Å². The lowest BCUT2D eigenvalue weighted by atomic mass is 10.3. The molecule has 0 bridgehead atoms. The first-order valence-corrected chi connectivity index (χ1v) is 4.55. The highest BCUT2D eigenvalue weighted by atomic mass is 35.5. The molecule has 1 aromatic rings. The molecule has 0 unspecified atom stereocenters. The van der Waals surface area contributed by atoms with Crippen LogP contribution in [0.2, 0.25) is 0 Å². The van der Waals surface area contributed by atoms with Crippen molar-refractivity contribution < 1.29 is 0 Å². The average Bonchev–Trinajstić information content (AvgIpc) is 2.04. The fraction of sp³-hybridized carbons (Fsp3) is 0.250. The van der Waals surface area contributed by atoms with Crippen LogP contribution < -0.4 is 10.5 Å². The number of halogens is 2. The third-order valence-electron chi connectivity index (χ3n) is 1.25. The molecule has 0 heterocycles. The molecule has 1 aromatic carbocycles. The molecule has 0 saturated heterocycles. The van der Waals surface area contributed by atoms with E-state index >= 15 is 0 Å². The van der Waals surface area contributed by atoms with Crippen molar-refractivity contribution >= 4 is 48.1 Å². The van der Waals surface area contributed by atoms with Gasteiger partial charge in [0.25, 0.3) is 0 Å². The fourth-order valence-corrected chi connectivity index (χ4v) is 1.15. The van der Waals surface area contributed by atoms with Crippen molar-refractivity contribution in [2.75, 3.05) is 16.2 Å². The predicted octanol–water partition coefficient (Wildman–Crippen LogP) is 3.19. The number of nitrogens with one attached hydrogen (secondary N) is 1. The van der Waals surface area contributed by atoms with Gasteiger partial charge in [0.15, 0.2) is 0 Å². The summed E-state index contributed by atoms with van der Waals surface area (Å²) >= 11 is 1.68. The number of nitrogen functional groups attached to an aromatic ring is 1. The second-order valence-electron chi connectivity index (χ2n) is 2.16. The Balaban J connectivity index is 0. The lowest BCUT2D eigenvalue weighted by Crippen LogP contribution is -1.88. The Morgan fingerprint density at radius 2 is 1.77 bits per heavy atom. The van der Waals surface area contributed by atoms with Gasteiger partial charge in [0.2, 0.25) is 0 Å². The van der Waals surface area contributed by atoms with Crippen molar-refractivity contribution in [2.24, 2.45) is 0 Å². The van der Waals surface area contributed by atoms with Gasteiger partial charge < -0.3 is 10.5 Å². The van der Waals surface area contributed by atoms with Crippen LogP contribution >= 0.6 is 36.8 Å². The minimum atomic E-state index is 0. The molecule has 0 amide bonds. The Morgan fingerprint density at radius 1 is 1.23 bits per heavy atom. The molecule has 3 N–H and O–H groups in total. The highest BCUT2D eigenvalue weighted by molar-refractivity contribution is 8.00. The number of anilines is 2. The maximum absolute atomic E-state index is 5.52. The van der Waals surface area contributed by atoms with Gasteiger partial charge in [-0.15, -0.1) is 24.8 Å². The summed E-state index contributed by atoms with van der Waals surface area (Å²) in [6, 6.07) is 7.72. The molecular weight excluding hydrogens is 227 g/mol. The zero-order valence-electron chi connectivity index (χ0n) is 7.32. The number of benzene rings is 1. The number of nitrogens with two attached hydrogens (primary N) is 1. The van der Waals surface area contributed by atoms with Gasteiger partial charge in [-0.2, -0.15) is 0 Å². The topological polar surface area (TPSA) is 38.0 Å². The van der Waals surface area contributed by atoms with E-state index in [-0.39, 0.29) is 24.8 Å². The second-order valence-corrected chi connectivity index (χ2v) is 3.23. The smallest absolute Gasteiger partial charge is 0.0441 e. The molecule has 0 aliphatic heterocycles. The van der Waals surface area contributed by atoms with Crippen molar-refractivity contribution in [3.05, 3.63) is 24.3 Å². The summed E-state index contributed by atoms with van der Waals surface area (Å²) in [5.74, 6) is 1.06. The first-order chi connectivity index (χ1) is 5.33. The third kappa shape index (κ3) is 5.91. The van der Waals surface area contributed by atoms with Crippen LogP contribution in [0.4, 0.5) is 11.4 Å². The summed E-state index contributed by atoms with van der Waals surface area (Å²) in [6.45, 7) is 2.11. The lowest BCUT2D eigenvalue weighted by molar-refractivity contribution is 1.52. The van der Waals surface area contributed by atoms with E-state index < -0.39 is 0 Å². The van der Waals surface area contributed by atoms with E-state index in [2.05, 4.69) is 11.6 Å². The van der Waals surface area contributed by atoms with E-state index in [1.807, 2.05) is 24.3 Å². The summed E-state index contributed by atoms with van der Waals surface area (Å²) in [7, 11) is 0. The third-order valence-corrected chi connectivity index (χ3v) is 1.91. The molecular formula is C8H14Cl2N2S. The predicted molar refractivity (Wildman–Crippen MR) is 67.1 cm³/mol. The van der Waals surface area contributed by atoms with E-state index in [9.17, 15) is 0 Å². The van der Waals surface area contributed by atoms with Crippen molar-refractivity contribution in [3.63, 3.8) is 0 Å². The lowest BCUT2D eigenvalue weighted by Gasteiger charge is -2.02. The van der Waals surface area contributed by atoms with E-state index in [4.69, 9.17) is 5.73 Å². The molecule has 0 aromatic heterocycles. The van der Waals surface area contributed by atoms with Gasteiger partial charge in [0, 0.05) is 17.1 Å². The van der Waals surface area contributed by atoms with Crippen LogP contribution in [0.15, 0.2) is 24.3 Å². The Hall–Kier alpha value is -0.250. The zero-order valence-corrected chi connectivity index (χ0v) is 9.77. The van der Waals surface area contributed by atoms with Crippen LogP contribution in [0.3, 0.4) is 0 Å². The monoisotopic (exact) mass is 240 g/mol. The molecule has 2 nitrogen and oxygen atoms in total. The van der Waals surface area contributed by atoms with Gasteiger partial charge in [-0.3, -0.25) is 0 Å². The molecule has 0 atom stereocenters. The van der Waals surface area contributed by atoms with Gasteiger partial charge in [0.05, 0.1) is 0 Å². The van der Waals surface area contributed by atoms with E-state index in [1.54, 1.807) is 11.9 Å². The molecule has 1 rings (SSSR count). The van der Waals surface area contributed by atoms with Gasteiger partial charge in [-0.25, -0.2) is 0 Å². The molecule has 0 radical (unpaired) electrons. The Kier molecular flexibility index (Phi) is 9.79. The van der Waals surface area contributed by atoms with Crippen LogP contribution in [-0.4, -0.2) is 5.75 Å².